The largest absolute Gasteiger partial charge is 0.463 e. The topological polar surface area (TPSA) is 208 Å². The van der Waals surface area contributed by atoms with Gasteiger partial charge >= 0.3 is 29.8 Å². The van der Waals surface area contributed by atoms with Crippen LogP contribution in [0.1, 0.15) is 61.1 Å². The van der Waals surface area contributed by atoms with Gasteiger partial charge in [-0.25, -0.2) is 4.68 Å². The van der Waals surface area contributed by atoms with E-state index in [1.54, 1.807) is 13.1 Å². The van der Waals surface area contributed by atoms with Crippen molar-refractivity contribution in [3.8, 4) is 0 Å². The van der Waals surface area contributed by atoms with E-state index in [9.17, 15) is 24.0 Å². The number of ether oxygens (including phenoxy) is 10. The molecule has 0 radical (unpaired) electrons. The van der Waals surface area contributed by atoms with E-state index in [0.717, 1.165) is 0 Å². The lowest BCUT2D eigenvalue weighted by molar-refractivity contribution is -0.301. The Hall–Kier alpha value is -3.71. The fourth-order valence-electron chi connectivity index (χ4n) is 5.62. The van der Waals surface area contributed by atoms with Crippen LogP contribution in [-0.4, -0.2) is 120 Å². The van der Waals surface area contributed by atoms with Crippen molar-refractivity contribution in [1.29, 1.82) is 0 Å². The number of hydrogen-bond donors (Lipinski definition) is 0. The molecule has 0 aromatic carbocycles. The van der Waals surface area contributed by atoms with Crippen LogP contribution in [0.2, 0.25) is 0 Å². The Morgan fingerprint density at radius 1 is 0.792 bits per heavy atom. The molecule has 5 heterocycles. The summed E-state index contributed by atoms with van der Waals surface area (Å²) in [4.78, 5) is 59.1. The molecule has 4 aliphatic heterocycles. The quantitative estimate of drug-likeness (QED) is 0.231. The first-order valence-corrected chi connectivity index (χ1v) is 15.2. The number of aromatic nitrogens is 3. The third-order valence-corrected chi connectivity index (χ3v) is 7.46. The van der Waals surface area contributed by atoms with Crippen LogP contribution < -0.4 is 0 Å². The van der Waals surface area contributed by atoms with Gasteiger partial charge in [0.15, 0.2) is 30.9 Å². The molecule has 2 bridgehead atoms. The third kappa shape index (κ3) is 10.4. The molecule has 4 aliphatic rings. The van der Waals surface area contributed by atoms with Crippen molar-refractivity contribution in [2.45, 2.75) is 124 Å². The number of hydrogen-bond acceptors (Lipinski definition) is 17. The Balaban J connectivity index is 0.00000625. The van der Waals surface area contributed by atoms with Crippen molar-refractivity contribution < 1.29 is 71.3 Å². The van der Waals surface area contributed by atoms with Gasteiger partial charge < -0.3 is 47.4 Å². The second-order valence-corrected chi connectivity index (χ2v) is 11.3. The molecule has 0 amide bonds. The first kappa shape index (κ1) is 38.7. The highest BCUT2D eigenvalue weighted by Gasteiger charge is 2.52. The van der Waals surface area contributed by atoms with Crippen molar-refractivity contribution in [2.75, 3.05) is 19.8 Å². The van der Waals surface area contributed by atoms with Crippen molar-refractivity contribution >= 4 is 29.8 Å². The lowest BCUT2D eigenvalue weighted by Gasteiger charge is -2.43. The van der Waals surface area contributed by atoms with Crippen LogP contribution in [0.25, 0.3) is 0 Å². The van der Waals surface area contributed by atoms with Gasteiger partial charge in [-0.3, -0.25) is 24.0 Å². The zero-order valence-electron chi connectivity index (χ0n) is 27.1. The van der Waals surface area contributed by atoms with E-state index < -0.39 is 91.1 Å². The molecule has 48 heavy (non-hydrogen) atoms. The second-order valence-electron chi connectivity index (χ2n) is 11.3. The Labute approximate surface area is 277 Å². The van der Waals surface area contributed by atoms with Gasteiger partial charge in [0.2, 0.25) is 0 Å². The van der Waals surface area contributed by atoms with Gasteiger partial charge in [-0.1, -0.05) is 19.6 Å². The molecule has 5 rings (SSSR count). The lowest BCUT2D eigenvalue weighted by atomic mass is 9.90. The first-order chi connectivity index (χ1) is 22.3. The number of carbonyl (C=O) groups is 5. The number of carbonyl (C=O) groups excluding carboxylic acids is 5. The van der Waals surface area contributed by atoms with Crippen LogP contribution in [0.4, 0.5) is 0 Å². The van der Waals surface area contributed by atoms with Crippen LogP contribution >= 0.6 is 0 Å². The highest BCUT2D eigenvalue weighted by molar-refractivity contribution is 5.68. The van der Waals surface area contributed by atoms with Gasteiger partial charge in [0.05, 0.1) is 26.0 Å². The van der Waals surface area contributed by atoms with E-state index >= 15 is 0 Å². The minimum absolute atomic E-state index is 0. The molecule has 10 atom stereocenters. The van der Waals surface area contributed by atoms with E-state index in [1.807, 2.05) is 0 Å². The van der Waals surface area contributed by atoms with Gasteiger partial charge in [-0.05, 0) is 6.42 Å². The summed E-state index contributed by atoms with van der Waals surface area (Å²) in [6.45, 7) is 8.10. The second kappa shape index (κ2) is 17.6. The van der Waals surface area contributed by atoms with E-state index in [4.69, 9.17) is 47.4 Å². The highest BCUT2D eigenvalue weighted by atomic mass is 16.7. The maximum Gasteiger partial charge on any atom is 0.303 e. The van der Waals surface area contributed by atoms with Crippen molar-refractivity contribution in [1.82, 2.24) is 15.0 Å². The average Bonchev–Trinajstić information content (AvgIpc) is 3.47. The average molecular weight is 688 g/mol. The highest BCUT2D eigenvalue weighted by Crippen LogP contribution is 2.33. The maximum atomic E-state index is 12.0. The van der Waals surface area contributed by atoms with E-state index in [2.05, 4.69) is 10.3 Å². The van der Waals surface area contributed by atoms with Crippen molar-refractivity contribution in [3.63, 3.8) is 0 Å². The number of fused-ring (bicyclic) bond motifs is 6. The molecule has 0 N–H and O–H groups in total. The van der Waals surface area contributed by atoms with Crippen LogP contribution in [0, 0.1) is 5.92 Å². The zero-order valence-corrected chi connectivity index (χ0v) is 27.1. The Bertz CT molecular complexity index is 1270. The summed E-state index contributed by atoms with van der Waals surface area (Å²) >= 11 is 0. The predicted octanol–water partition coefficient (Wildman–Crippen LogP) is 0.612. The monoisotopic (exact) mass is 687 g/mol. The number of nitrogens with zero attached hydrogens (tertiary/aromatic N) is 3. The molecular formula is C30H45N3O15. The summed E-state index contributed by atoms with van der Waals surface area (Å²) in [7, 11) is 0. The van der Waals surface area contributed by atoms with Crippen LogP contribution in [0.15, 0.2) is 6.20 Å². The summed E-state index contributed by atoms with van der Waals surface area (Å²) in [5, 5.41) is 8.31. The summed E-state index contributed by atoms with van der Waals surface area (Å²) in [5.41, 5.74) is 0.362. The summed E-state index contributed by atoms with van der Waals surface area (Å²) in [6.07, 6.45) is -6.49. The molecule has 0 spiro atoms. The SMILES string of the molecule is C.CC(=O)OCC1OC(OCc2cn(CC3OC4OCCCOC3C(OC(C)=O)C4OC(C)=O)nn2)C(OC(C)=O)C(C)C1OC(C)=O. The molecule has 0 aliphatic carbocycles. The fraction of sp³-hybridized carbons (Fsp3) is 0.767. The molecule has 1 aromatic rings. The maximum absolute atomic E-state index is 12.0. The number of rotatable bonds is 11. The molecule has 18 nitrogen and oxygen atoms in total. The molecular weight excluding hydrogens is 642 g/mol. The minimum Gasteiger partial charge on any atom is -0.463 e. The van der Waals surface area contributed by atoms with Gasteiger partial charge in [0.1, 0.15) is 36.7 Å². The Morgan fingerprint density at radius 2 is 1.40 bits per heavy atom. The van der Waals surface area contributed by atoms with Gasteiger partial charge in [-0.2, -0.15) is 0 Å². The Morgan fingerprint density at radius 3 is 2.04 bits per heavy atom. The van der Waals surface area contributed by atoms with Crippen LogP contribution in [-0.2, 0) is 84.5 Å². The third-order valence-electron chi connectivity index (χ3n) is 7.46. The van der Waals surface area contributed by atoms with E-state index in [0.29, 0.717) is 12.1 Å². The molecule has 1 aromatic heterocycles. The number of esters is 5. The normalized spacial score (nSPS) is 31.5. The zero-order chi connectivity index (χ0) is 34.2. The minimum atomic E-state index is -1.15. The van der Waals surface area contributed by atoms with Crippen LogP contribution in [0.3, 0.4) is 0 Å². The summed E-state index contributed by atoms with van der Waals surface area (Å²) in [6, 6.07) is 0. The fourth-order valence-corrected chi connectivity index (χ4v) is 5.62. The van der Waals surface area contributed by atoms with E-state index in [1.165, 1.54) is 39.3 Å². The van der Waals surface area contributed by atoms with Crippen molar-refractivity contribution in [2.24, 2.45) is 5.92 Å². The molecule has 10 unspecified atom stereocenters. The summed E-state index contributed by atoms with van der Waals surface area (Å²) < 4.78 is 58.5. The first-order valence-electron chi connectivity index (χ1n) is 15.2. The van der Waals surface area contributed by atoms with E-state index in [-0.39, 0.29) is 40.4 Å². The molecule has 4 saturated heterocycles. The Kier molecular flexibility index (Phi) is 14.2. The standard InChI is InChI=1S/C29H41N3O15.CH4/c1-14-23(42-16(3)34)22(13-40-15(2)33)47-28(24(14)43-17(4)35)41-12-20-10-32(31-30-20)11-21-25-26(44-18(5)36)27(45-19(6)37)29(46-21)39-9-7-8-38-25;/h10,14,21-29H,7-9,11-13H2,1-6H3;1H4. The lowest BCUT2D eigenvalue weighted by Crippen LogP contribution is -2.62. The molecule has 18 heteroatoms. The van der Waals surface area contributed by atoms with Crippen molar-refractivity contribution in [3.05, 3.63) is 11.9 Å². The van der Waals surface area contributed by atoms with Gasteiger partial charge in [-0.15, -0.1) is 5.10 Å². The van der Waals surface area contributed by atoms with Crippen LogP contribution in [0.5, 0.6) is 0 Å². The molecule has 270 valence electrons. The smallest absolute Gasteiger partial charge is 0.303 e. The molecule has 0 saturated carbocycles. The predicted molar refractivity (Wildman–Crippen MR) is 157 cm³/mol. The summed E-state index contributed by atoms with van der Waals surface area (Å²) in [5.74, 6) is -3.56. The van der Waals surface area contributed by atoms with Gasteiger partial charge in [0, 0.05) is 47.1 Å². The van der Waals surface area contributed by atoms with Gasteiger partial charge in [0.25, 0.3) is 0 Å². The molecule has 4 fully saturated rings.